The second-order valence-corrected chi connectivity index (χ2v) is 11.2. The zero-order valence-electron chi connectivity index (χ0n) is 20.2. The van der Waals surface area contributed by atoms with Crippen LogP contribution in [0.2, 0.25) is 0 Å². The fourth-order valence-corrected chi connectivity index (χ4v) is 8.30. The molecule has 0 saturated heterocycles. The highest BCUT2D eigenvalue weighted by Crippen LogP contribution is 2.69. The van der Waals surface area contributed by atoms with E-state index in [-0.39, 0.29) is 40.5 Å². The van der Waals surface area contributed by atoms with Gasteiger partial charge in [0.25, 0.3) is 0 Å². The summed E-state index contributed by atoms with van der Waals surface area (Å²) < 4.78 is 6.55. The van der Waals surface area contributed by atoms with Gasteiger partial charge >= 0.3 is 0 Å². The van der Waals surface area contributed by atoms with E-state index in [4.69, 9.17) is 4.74 Å². The fraction of sp³-hybridized carbons (Fsp3) is 0.778. The Morgan fingerprint density at radius 3 is 2.62 bits per heavy atom. The van der Waals surface area contributed by atoms with Crippen LogP contribution in [0.1, 0.15) is 79.1 Å². The van der Waals surface area contributed by atoms with E-state index in [0.717, 1.165) is 56.9 Å². The molecule has 32 heavy (non-hydrogen) atoms. The number of ketones is 2. The monoisotopic (exact) mass is 444 g/mol. The highest BCUT2D eigenvalue weighted by Gasteiger charge is 2.70. The number of allylic oxidation sites excluding steroid dienone is 3. The minimum atomic E-state index is -0.948. The van der Waals surface area contributed by atoms with Crippen LogP contribution in [-0.4, -0.2) is 40.6 Å². The lowest BCUT2D eigenvalue weighted by Gasteiger charge is -2.58. The van der Waals surface area contributed by atoms with Gasteiger partial charge in [-0.15, -0.1) is 0 Å². The predicted molar refractivity (Wildman–Crippen MR) is 123 cm³/mol. The molecule has 3 saturated carbocycles. The first-order valence-corrected chi connectivity index (χ1v) is 12.6. The van der Waals surface area contributed by atoms with Crippen LogP contribution < -0.4 is 0 Å². The van der Waals surface area contributed by atoms with Gasteiger partial charge in [0.1, 0.15) is 18.0 Å². The Balaban J connectivity index is 1.69. The van der Waals surface area contributed by atoms with Crippen molar-refractivity contribution in [3.05, 3.63) is 23.5 Å². The van der Waals surface area contributed by atoms with Crippen molar-refractivity contribution in [1.29, 1.82) is 0 Å². The lowest BCUT2D eigenvalue weighted by Crippen LogP contribution is -2.61. The molecule has 4 aliphatic rings. The summed E-state index contributed by atoms with van der Waals surface area (Å²) in [6, 6.07) is 0. The Morgan fingerprint density at radius 2 is 1.94 bits per heavy atom. The average Bonchev–Trinajstić information content (AvgIpc) is 2.99. The van der Waals surface area contributed by atoms with Crippen molar-refractivity contribution in [2.45, 2.75) is 84.7 Å². The van der Waals surface area contributed by atoms with Crippen molar-refractivity contribution in [3.8, 4) is 0 Å². The SMILES string of the molecule is CCCCCO[C@]1(C(=O)CO)C(C)C[C@H]2[C@@H]3CCC4=CC(O)=CC(=O)[C@]4(C)[C@H]3CC[C@@]21C. The maximum absolute atomic E-state index is 13.3. The second-order valence-electron chi connectivity index (χ2n) is 11.2. The molecule has 0 aromatic carbocycles. The quantitative estimate of drug-likeness (QED) is 0.544. The number of hydrogen-bond acceptors (Lipinski definition) is 5. The molecule has 0 spiro atoms. The Morgan fingerprint density at radius 1 is 1.19 bits per heavy atom. The normalized spacial score (nSPS) is 43.1. The summed E-state index contributed by atoms with van der Waals surface area (Å²) in [6.45, 7) is 8.62. The second kappa shape index (κ2) is 8.39. The van der Waals surface area contributed by atoms with E-state index in [2.05, 4.69) is 27.7 Å². The molecule has 5 heteroatoms. The van der Waals surface area contributed by atoms with Crippen molar-refractivity contribution in [2.75, 3.05) is 13.2 Å². The summed E-state index contributed by atoms with van der Waals surface area (Å²) in [5.41, 5.74) is -0.788. The molecular formula is C27H40O5. The van der Waals surface area contributed by atoms with Crippen molar-refractivity contribution in [2.24, 2.45) is 34.5 Å². The molecule has 2 N–H and O–H groups in total. The largest absolute Gasteiger partial charge is 0.508 e. The highest BCUT2D eigenvalue weighted by molar-refractivity contribution is 5.99. The zero-order chi connectivity index (χ0) is 23.3. The number of aliphatic hydroxyl groups is 2. The van der Waals surface area contributed by atoms with Gasteiger partial charge in [0.2, 0.25) is 0 Å². The Hall–Kier alpha value is -1.46. The van der Waals surface area contributed by atoms with Crippen LogP contribution in [0.4, 0.5) is 0 Å². The molecule has 1 unspecified atom stereocenters. The van der Waals surface area contributed by atoms with Gasteiger partial charge in [-0.2, -0.15) is 0 Å². The highest BCUT2D eigenvalue weighted by atomic mass is 16.5. The van der Waals surface area contributed by atoms with E-state index < -0.39 is 17.6 Å². The third-order valence-corrected chi connectivity index (χ3v) is 9.88. The third-order valence-electron chi connectivity index (χ3n) is 9.88. The summed E-state index contributed by atoms with van der Waals surface area (Å²) in [5, 5.41) is 20.0. The number of unbranched alkanes of at least 4 members (excludes halogenated alkanes) is 2. The summed E-state index contributed by atoms with van der Waals surface area (Å²) in [6.07, 6.45) is 10.6. The van der Waals surface area contributed by atoms with Gasteiger partial charge in [-0.1, -0.05) is 39.2 Å². The Bertz CT molecular complexity index is 843. The fourth-order valence-electron chi connectivity index (χ4n) is 8.30. The van der Waals surface area contributed by atoms with Crippen LogP contribution in [-0.2, 0) is 14.3 Å². The minimum Gasteiger partial charge on any atom is -0.508 e. The third kappa shape index (κ3) is 3.10. The molecule has 0 radical (unpaired) electrons. The van der Waals surface area contributed by atoms with E-state index in [0.29, 0.717) is 12.5 Å². The molecule has 0 aliphatic heterocycles. The van der Waals surface area contributed by atoms with Crippen LogP contribution in [0.5, 0.6) is 0 Å². The van der Waals surface area contributed by atoms with Crippen molar-refractivity contribution in [1.82, 2.24) is 0 Å². The molecule has 178 valence electrons. The summed E-state index contributed by atoms with van der Waals surface area (Å²) in [4.78, 5) is 26.5. The van der Waals surface area contributed by atoms with Gasteiger partial charge in [0.05, 0.1) is 5.41 Å². The van der Waals surface area contributed by atoms with Gasteiger partial charge < -0.3 is 14.9 Å². The zero-order valence-corrected chi connectivity index (χ0v) is 20.2. The molecule has 4 aliphatic carbocycles. The van der Waals surface area contributed by atoms with E-state index in [1.54, 1.807) is 6.08 Å². The van der Waals surface area contributed by atoms with E-state index >= 15 is 0 Å². The Labute approximate surface area is 192 Å². The van der Waals surface area contributed by atoms with Crippen molar-refractivity contribution < 1.29 is 24.5 Å². The van der Waals surface area contributed by atoms with Gasteiger partial charge in [-0.25, -0.2) is 0 Å². The van der Waals surface area contributed by atoms with Gasteiger partial charge in [-0.3, -0.25) is 9.59 Å². The number of ether oxygens (including phenoxy) is 1. The molecule has 4 rings (SSSR count). The van der Waals surface area contributed by atoms with Gasteiger partial charge in [0.15, 0.2) is 11.6 Å². The van der Waals surface area contributed by atoms with Crippen molar-refractivity contribution >= 4 is 11.6 Å². The lowest BCUT2D eigenvalue weighted by molar-refractivity contribution is -0.187. The molecule has 7 atom stereocenters. The topological polar surface area (TPSA) is 83.8 Å². The first-order chi connectivity index (χ1) is 15.2. The molecular weight excluding hydrogens is 404 g/mol. The number of Topliss-reactive ketones (excluding diaryl/α,β-unsaturated/α-hetero) is 1. The molecule has 0 heterocycles. The number of aliphatic hydroxyl groups excluding tert-OH is 2. The van der Waals surface area contributed by atoms with Crippen LogP contribution in [0.25, 0.3) is 0 Å². The lowest BCUT2D eigenvalue weighted by atomic mass is 9.46. The molecule has 5 nitrogen and oxygen atoms in total. The minimum absolute atomic E-state index is 0.0189. The van der Waals surface area contributed by atoms with Gasteiger partial charge in [-0.05, 0) is 75.2 Å². The number of hydrogen-bond donors (Lipinski definition) is 2. The van der Waals surface area contributed by atoms with Gasteiger partial charge in [0, 0.05) is 18.1 Å². The smallest absolute Gasteiger partial charge is 0.190 e. The predicted octanol–water partition coefficient (Wildman–Crippen LogP) is 4.93. The summed E-state index contributed by atoms with van der Waals surface area (Å²) >= 11 is 0. The Kier molecular flexibility index (Phi) is 6.21. The van der Waals surface area contributed by atoms with E-state index in [9.17, 15) is 19.8 Å². The standard InChI is InChI=1S/C27H40O5/c1-5-6-7-12-32-27(24(31)16-28)17(2)13-22-20-9-8-18-14-19(29)15-23(30)26(18,4)21(20)10-11-25(22,27)3/h14-15,17,20-22,28-29H,5-13,16H2,1-4H3/t17?,20-,21+,22+,25+,26+,27+/m1/s1. The van der Waals surface area contributed by atoms with Crippen LogP contribution in [0, 0.1) is 34.5 Å². The first kappa shape index (κ1) is 23.7. The molecule has 0 aromatic heterocycles. The van der Waals surface area contributed by atoms with E-state index in [1.165, 1.54) is 6.08 Å². The summed E-state index contributed by atoms with van der Waals surface area (Å²) in [5.74, 6) is 0.786. The maximum atomic E-state index is 13.3. The molecule has 0 amide bonds. The number of fused-ring (bicyclic) bond motifs is 5. The van der Waals surface area contributed by atoms with Crippen LogP contribution >= 0.6 is 0 Å². The number of carbonyl (C=O) groups is 2. The number of carbonyl (C=O) groups excluding carboxylic acids is 2. The molecule has 3 fully saturated rings. The maximum Gasteiger partial charge on any atom is 0.190 e. The number of rotatable bonds is 7. The first-order valence-electron chi connectivity index (χ1n) is 12.6. The molecule has 0 bridgehead atoms. The van der Waals surface area contributed by atoms with Crippen LogP contribution in [0.3, 0.4) is 0 Å². The van der Waals surface area contributed by atoms with E-state index in [1.807, 2.05) is 0 Å². The summed E-state index contributed by atoms with van der Waals surface area (Å²) in [7, 11) is 0. The van der Waals surface area contributed by atoms with Crippen molar-refractivity contribution in [3.63, 3.8) is 0 Å². The average molecular weight is 445 g/mol. The van der Waals surface area contributed by atoms with Crippen LogP contribution in [0.15, 0.2) is 23.5 Å². The molecule has 0 aromatic rings.